The van der Waals surface area contributed by atoms with E-state index >= 15 is 0 Å². The lowest BCUT2D eigenvalue weighted by atomic mass is 10.2. The van der Waals surface area contributed by atoms with Crippen molar-refractivity contribution in [2.75, 3.05) is 5.32 Å². The fraction of sp³-hybridized carbons (Fsp3) is 0. The summed E-state index contributed by atoms with van der Waals surface area (Å²) < 4.78 is 13.7. The third-order valence-electron chi connectivity index (χ3n) is 2.24. The molecule has 0 aromatic heterocycles. The van der Waals surface area contributed by atoms with Crippen LogP contribution in [0.4, 0.5) is 15.8 Å². The fourth-order valence-electron chi connectivity index (χ4n) is 1.47. The molecule has 0 radical (unpaired) electrons. The summed E-state index contributed by atoms with van der Waals surface area (Å²) >= 11 is 9.23. The lowest BCUT2D eigenvalue weighted by molar-refractivity contribution is 0.628. The van der Waals surface area contributed by atoms with Crippen LogP contribution < -0.4 is 5.32 Å². The minimum absolute atomic E-state index is 0.286. The van der Waals surface area contributed by atoms with Crippen molar-refractivity contribution in [3.05, 3.63) is 57.3 Å². The first-order valence-corrected chi connectivity index (χ1v) is 6.18. The van der Waals surface area contributed by atoms with Crippen molar-refractivity contribution in [3.63, 3.8) is 0 Å². The Morgan fingerprint density at radius 3 is 2.67 bits per heavy atom. The molecule has 0 saturated carbocycles. The van der Waals surface area contributed by atoms with Crippen molar-refractivity contribution in [3.8, 4) is 6.07 Å². The van der Waals surface area contributed by atoms with E-state index in [0.717, 1.165) is 4.47 Å². The summed E-state index contributed by atoms with van der Waals surface area (Å²) in [6.07, 6.45) is 0. The van der Waals surface area contributed by atoms with Gasteiger partial charge in [-0.3, -0.25) is 0 Å². The molecule has 0 spiro atoms. The summed E-state index contributed by atoms with van der Waals surface area (Å²) in [6, 6.07) is 11.3. The third-order valence-corrected chi connectivity index (χ3v) is 3.01. The molecular formula is C13H7BrClFN2. The zero-order chi connectivity index (χ0) is 13.1. The monoisotopic (exact) mass is 324 g/mol. The quantitative estimate of drug-likeness (QED) is 0.856. The maximum absolute atomic E-state index is 12.9. The van der Waals surface area contributed by atoms with Crippen LogP contribution >= 0.6 is 27.5 Å². The van der Waals surface area contributed by atoms with Gasteiger partial charge in [-0.2, -0.15) is 5.26 Å². The third kappa shape index (κ3) is 3.00. The number of nitrogens with one attached hydrogen (secondary N) is 1. The van der Waals surface area contributed by atoms with E-state index in [1.54, 1.807) is 24.3 Å². The SMILES string of the molecule is N#Cc1cc(Br)cc(Nc2ccc(F)cc2Cl)c1. The predicted molar refractivity (Wildman–Crippen MR) is 73.5 cm³/mol. The molecule has 0 amide bonds. The van der Waals surface area contributed by atoms with E-state index in [9.17, 15) is 4.39 Å². The van der Waals surface area contributed by atoms with Crippen LogP contribution in [0.5, 0.6) is 0 Å². The van der Waals surface area contributed by atoms with Crippen LogP contribution in [-0.2, 0) is 0 Å². The number of anilines is 2. The second kappa shape index (κ2) is 5.38. The van der Waals surface area contributed by atoms with Gasteiger partial charge in [0.15, 0.2) is 0 Å². The highest BCUT2D eigenvalue weighted by atomic mass is 79.9. The number of rotatable bonds is 2. The second-order valence-electron chi connectivity index (χ2n) is 3.59. The molecule has 0 saturated heterocycles. The lowest BCUT2D eigenvalue weighted by Gasteiger charge is -2.09. The molecule has 2 aromatic carbocycles. The molecule has 2 rings (SSSR count). The Balaban J connectivity index is 2.34. The van der Waals surface area contributed by atoms with E-state index in [4.69, 9.17) is 16.9 Å². The molecule has 0 unspecified atom stereocenters. The smallest absolute Gasteiger partial charge is 0.124 e. The number of benzene rings is 2. The summed E-state index contributed by atoms with van der Waals surface area (Å²) in [4.78, 5) is 0. The van der Waals surface area contributed by atoms with Gasteiger partial charge in [0.2, 0.25) is 0 Å². The first-order valence-electron chi connectivity index (χ1n) is 5.01. The van der Waals surface area contributed by atoms with Crippen LogP contribution in [0, 0.1) is 17.1 Å². The Morgan fingerprint density at radius 2 is 2.00 bits per heavy atom. The molecule has 0 bridgehead atoms. The van der Waals surface area contributed by atoms with E-state index in [2.05, 4.69) is 27.3 Å². The maximum atomic E-state index is 12.9. The molecule has 0 heterocycles. The van der Waals surface area contributed by atoms with Crippen LogP contribution in [0.25, 0.3) is 0 Å². The maximum Gasteiger partial charge on any atom is 0.124 e. The molecule has 1 N–H and O–H groups in total. The first-order chi connectivity index (χ1) is 8.58. The fourth-order valence-corrected chi connectivity index (χ4v) is 2.18. The molecule has 90 valence electrons. The Hall–Kier alpha value is -1.57. The van der Waals surface area contributed by atoms with Crippen molar-refractivity contribution in [2.45, 2.75) is 0 Å². The van der Waals surface area contributed by atoms with E-state index in [0.29, 0.717) is 16.9 Å². The molecule has 0 fully saturated rings. The molecule has 0 aliphatic rings. The van der Waals surface area contributed by atoms with Gasteiger partial charge in [0.25, 0.3) is 0 Å². The van der Waals surface area contributed by atoms with Crippen LogP contribution in [0.1, 0.15) is 5.56 Å². The molecular weight excluding hydrogens is 319 g/mol. The van der Waals surface area contributed by atoms with E-state index in [1.165, 1.54) is 12.1 Å². The Kier molecular flexibility index (Phi) is 3.85. The van der Waals surface area contributed by atoms with E-state index < -0.39 is 5.82 Å². The molecule has 0 atom stereocenters. The molecule has 0 aliphatic carbocycles. The molecule has 2 nitrogen and oxygen atoms in total. The van der Waals surface area contributed by atoms with Gasteiger partial charge < -0.3 is 5.32 Å². The normalized spacial score (nSPS) is 9.89. The van der Waals surface area contributed by atoms with Crippen LogP contribution in [0.15, 0.2) is 40.9 Å². The van der Waals surface area contributed by atoms with Gasteiger partial charge in [0.1, 0.15) is 5.82 Å². The average molecular weight is 326 g/mol. The van der Waals surface area contributed by atoms with Gasteiger partial charge in [0.05, 0.1) is 22.3 Å². The van der Waals surface area contributed by atoms with Crippen molar-refractivity contribution < 1.29 is 4.39 Å². The Morgan fingerprint density at radius 1 is 1.22 bits per heavy atom. The number of hydrogen-bond acceptors (Lipinski definition) is 2. The van der Waals surface area contributed by atoms with Crippen molar-refractivity contribution in [1.82, 2.24) is 0 Å². The van der Waals surface area contributed by atoms with Crippen LogP contribution in [0.2, 0.25) is 5.02 Å². The van der Waals surface area contributed by atoms with Gasteiger partial charge in [-0.15, -0.1) is 0 Å². The van der Waals surface area contributed by atoms with Gasteiger partial charge in [-0.25, -0.2) is 4.39 Å². The predicted octanol–water partition coefficient (Wildman–Crippen LogP) is 4.86. The Bertz CT molecular complexity index is 637. The molecule has 5 heteroatoms. The summed E-state index contributed by atoms with van der Waals surface area (Å²) in [5.41, 5.74) is 1.81. The van der Waals surface area contributed by atoms with E-state index in [1.807, 2.05) is 0 Å². The highest BCUT2D eigenvalue weighted by Gasteiger charge is 2.04. The lowest BCUT2D eigenvalue weighted by Crippen LogP contribution is -1.92. The largest absolute Gasteiger partial charge is 0.354 e. The summed E-state index contributed by atoms with van der Waals surface area (Å²) in [5.74, 6) is -0.391. The minimum Gasteiger partial charge on any atom is -0.354 e. The van der Waals surface area contributed by atoms with Gasteiger partial charge in [-0.1, -0.05) is 27.5 Å². The van der Waals surface area contributed by atoms with E-state index in [-0.39, 0.29) is 5.02 Å². The summed E-state index contributed by atoms with van der Waals surface area (Å²) in [6.45, 7) is 0. The van der Waals surface area contributed by atoms with Crippen LogP contribution in [0.3, 0.4) is 0 Å². The highest BCUT2D eigenvalue weighted by Crippen LogP contribution is 2.28. The van der Waals surface area contributed by atoms with Crippen LogP contribution in [-0.4, -0.2) is 0 Å². The summed E-state index contributed by atoms with van der Waals surface area (Å²) in [5, 5.41) is 12.2. The van der Waals surface area contributed by atoms with Gasteiger partial charge in [0, 0.05) is 10.2 Å². The van der Waals surface area contributed by atoms with Crippen molar-refractivity contribution in [1.29, 1.82) is 5.26 Å². The molecule has 18 heavy (non-hydrogen) atoms. The second-order valence-corrected chi connectivity index (χ2v) is 4.91. The number of halogens is 3. The average Bonchev–Trinajstić information content (AvgIpc) is 2.32. The zero-order valence-corrected chi connectivity index (χ0v) is 11.4. The minimum atomic E-state index is -0.391. The first kappa shape index (κ1) is 12.9. The number of nitrogens with zero attached hydrogens (tertiary/aromatic N) is 1. The summed E-state index contributed by atoms with van der Waals surface area (Å²) in [7, 11) is 0. The van der Waals surface area contributed by atoms with Crippen molar-refractivity contribution in [2.24, 2.45) is 0 Å². The topological polar surface area (TPSA) is 35.8 Å². The van der Waals surface area contributed by atoms with Gasteiger partial charge in [-0.05, 0) is 36.4 Å². The van der Waals surface area contributed by atoms with Crippen molar-refractivity contribution >= 4 is 38.9 Å². The number of hydrogen-bond donors (Lipinski definition) is 1. The molecule has 2 aromatic rings. The number of nitriles is 1. The zero-order valence-electron chi connectivity index (χ0n) is 9.05. The van der Waals surface area contributed by atoms with Gasteiger partial charge >= 0.3 is 0 Å². The standard InChI is InChI=1S/C13H7BrClFN2/c14-9-3-8(7-17)4-11(5-9)18-13-2-1-10(16)6-12(13)15/h1-6,18H. The highest BCUT2D eigenvalue weighted by molar-refractivity contribution is 9.10. The Labute approximate surface area is 117 Å². The molecule has 0 aliphatic heterocycles.